The van der Waals surface area contributed by atoms with Gasteiger partial charge in [0.15, 0.2) is 0 Å². The Labute approximate surface area is 157 Å². The number of carbonyl (C=O) groups is 1. The van der Waals surface area contributed by atoms with Crippen molar-refractivity contribution in [1.29, 1.82) is 0 Å². The van der Waals surface area contributed by atoms with Crippen LogP contribution in [0.25, 0.3) is 0 Å². The molecular weight excluding hydrogens is 373 g/mol. The maximum atomic E-state index is 13.0. The number of aromatic nitrogens is 1. The predicted molar refractivity (Wildman–Crippen MR) is 97.0 cm³/mol. The molecule has 1 amide bonds. The van der Waals surface area contributed by atoms with E-state index in [1.807, 2.05) is 0 Å². The summed E-state index contributed by atoms with van der Waals surface area (Å²) in [5, 5.41) is 0. The molecule has 2 aromatic rings. The third-order valence-electron chi connectivity index (χ3n) is 4.28. The molecule has 2 N–H and O–H groups in total. The summed E-state index contributed by atoms with van der Waals surface area (Å²) >= 11 is 0. The minimum Gasteiger partial charge on any atom is -0.489 e. The molecule has 3 rings (SSSR count). The number of amides is 1. The monoisotopic (exact) mass is 393 g/mol. The summed E-state index contributed by atoms with van der Waals surface area (Å²) in [5.41, 5.74) is 5.82. The molecule has 7 nitrogen and oxygen atoms in total. The molecule has 1 aliphatic heterocycles. The number of pyridine rings is 1. The number of hydrogen-bond donors (Lipinski definition) is 1. The summed E-state index contributed by atoms with van der Waals surface area (Å²) in [4.78, 5) is 15.1. The average Bonchev–Trinajstić information content (AvgIpc) is 2.64. The third kappa shape index (κ3) is 5.01. The highest BCUT2D eigenvalue weighted by Gasteiger charge is 2.30. The number of piperidine rings is 1. The number of benzene rings is 1. The van der Waals surface area contributed by atoms with E-state index in [-0.39, 0.29) is 24.1 Å². The van der Waals surface area contributed by atoms with Crippen molar-refractivity contribution in [3.05, 3.63) is 59.7 Å². The first-order chi connectivity index (χ1) is 12.8. The topological polar surface area (TPSA) is 103 Å². The molecule has 0 radical (unpaired) electrons. The Bertz CT molecular complexity index is 918. The van der Waals surface area contributed by atoms with Gasteiger partial charge in [-0.1, -0.05) is 12.1 Å². The Morgan fingerprint density at radius 2 is 2.04 bits per heavy atom. The van der Waals surface area contributed by atoms with Gasteiger partial charge in [-0.25, -0.2) is 12.8 Å². The Kier molecular flexibility index (Phi) is 5.71. The van der Waals surface area contributed by atoms with Crippen molar-refractivity contribution in [2.24, 2.45) is 5.73 Å². The van der Waals surface area contributed by atoms with Crippen molar-refractivity contribution in [2.45, 2.75) is 24.7 Å². The van der Waals surface area contributed by atoms with Gasteiger partial charge in [0.1, 0.15) is 23.4 Å². The van der Waals surface area contributed by atoms with E-state index >= 15 is 0 Å². The number of carbonyl (C=O) groups excluding carboxylic acids is 1. The number of hydrogen-bond acceptors (Lipinski definition) is 5. The first kappa shape index (κ1) is 19.2. The highest BCUT2D eigenvalue weighted by Crippen LogP contribution is 2.22. The van der Waals surface area contributed by atoms with Crippen LogP contribution < -0.4 is 10.5 Å². The molecular formula is C18H20FN3O4S. The van der Waals surface area contributed by atoms with Gasteiger partial charge in [0.2, 0.25) is 10.0 Å². The van der Waals surface area contributed by atoms with Gasteiger partial charge >= 0.3 is 0 Å². The summed E-state index contributed by atoms with van der Waals surface area (Å²) in [6.45, 7) is 0.615. The van der Waals surface area contributed by atoms with E-state index in [9.17, 15) is 17.6 Å². The summed E-state index contributed by atoms with van der Waals surface area (Å²) in [6.07, 6.45) is 2.42. The van der Waals surface area contributed by atoms with Gasteiger partial charge in [0.25, 0.3) is 5.91 Å². The number of halogens is 1. The van der Waals surface area contributed by atoms with Crippen LogP contribution >= 0.6 is 0 Å². The average molecular weight is 393 g/mol. The largest absolute Gasteiger partial charge is 0.489 e. The number of ether oxygens (including phenoxy) is 1. The number of nitrogens with two attached hydrogens (primary N) is 1. The lowest BCUT2D eigenvalue weighted by molar-refractivity contribution is 0.0993. The minimum absolute atomic E-state index is 0.0871. The van der Waals surface area contributed by atoms with Crippen molar-refractivity contribution in [3.8, 4) is 5.75 Å². The molecule has 1 aromatic carbocycles. The lowest BCUT2D eigenvalue weighted by Crippen LogP contribution is -2.44. The molecule has 0 bridgehead atoms. The number of sulfonamides is 1. The Morgan fingerprint density at radius 1 is 1.30 bits per heavy atom. The van der Waals surface area contributed by atoms with Crippen molar-refractivity contribution in [2.75, 3.05) is 13.1 Å². The van der Waals surface area contributed by atoms with E-state index in [4.69, 9.17) is 10.5 Å². The fraction of sp³-hybridized carbons (Fsp3) is 0.333. The van der Waals surface area contributed by atoms with Crippen molar-refractivity contribution < 1.29 is 22.3 Å². The number of nitrogens with zero attached hydrogens (tertiary/aromatic N) is 2. The highest BCUT2D eigenvalue weighted by atomic mass is 32.2. The molecule has 0 saturated carbocycles. The fourth-order valence-electron chi connectivity index (χ4n) is 2.95. The SMILES string of the molecule is NC(=O)c1cc(OC2CCCN(S(=O)(=O)Cc3ccc(F)cc3)C2)ccn1. The zero-order valence-corrected chi connectivity index (χ0v) is 15.4. The van der Waals surface area contributed by atoms with Gasteiger partial charge in [0, 0.05) is 18.8 Å². The van der Waals surface area contributed by atoms with E-state index in [2.05, 4.69) is 4.98 Å². The summed E-state index contributed by atoms with van der Waals surface area (Å²) in [6, 6.07) is 8.45. The second-order valence-electron chi connectivity index (χ2n) is 6.36. The van der Waals surface area contributed by atoms with Crippen LogP contribution in [0.5, 0.6) is 5.75 Å². The van der Waals surface area contributed by atoms with Crippen molar-refractivity contribution in [1.82, 2.24) is 9.29 Å². The summed E-state index contributed by atoms with van der Waals surface area (Å²) in [7, 11) is -3.55. The van der Waals surface area contributed by atoms with E-state index in [1.165, 1.54) is 40.8 Å². The molecule has 27 heavy (non-hydrogen) atoms. The molecule has 1 aliphatic rings. The normalized spacial score (nSPS) is 18.2. The maximum Gasteiger partial charge on any atom is 0.267 e. The molecule has 144 valence electrons. The maximum absolute atomic E-state index is 13.0. The van der Waals surface area contributed by atoms with Crippen LogP contribution in [0, 0.1) is 5.82 Å². The van der Waals surface area contributed by atoms with Crippen LogP contribution in [0.1, 0.15) is 28.9 Å². The summed E-state index contributed by atoms with van der Waals surface area (Å²) < 4.78 is 45.6. The summed E-state index contributed by atoms with van der Waals surface area (Å²) in [5.74, 6) is -0.842. The van der Waals surface area contributed by atoms with Crippen LogP contribution in [0.3, 0.4) is 0 Å². The fourth-order valence-corrected chi connectivity index (χ4v) is 4.54. The predicted octanol–water partition coefficient (Wildman–Crippen LogP) is 1.69. The van der Waals surface area contributed by atoms with Crippen LogP contribution in [0.15, 0.2) is 42.6 Å². The van der Waals surface area contributed by atoms with Crippen molar-refractivity contribution >= 4 is 15.9 Å². The molecule has 2 heterocycles. The first-order valence-corrected chi connectivity index (χ1v) is 10.1. The third-order valence-corrected chi connectivity index (χ3v) is 6.10. The molecule has 1 saturated heterocycles. The first-order valence-electron chi connectivity index (χ1n) is 8.48. The zero-order valence-electron chi connectivity index (χ0n) is 14.5. The standard InChI is InChI=1S/C18H20FN3O4S/c19-14-5-3-13(4-6-14)12-27(24,25)22-9-1-2-16(11-22)26-15-7-8-21-17(10-15)18(20)23/h3-8,10,16H,1-2,9,11-12H2,(H2,20,23). The molecule has 9 heteroatoms. The number of rotatable bonds is 6. The smallest absolute Gasteiger partial charge is 0.267 e. The highest BCUT2D eigenvalue weighted by molar-refractivity contribution is 7.88. The lowest BCUT2D eigenvalue weighted by Gasteiger charge is -2.32. The Balaban J connectivity index is 1.67. The second kappa shape index (κ2) is 8.01. The zero-order chi connectivity index (χ0) is 19.4. The van der Waals surface area contributed by atoms with Crippen LogP contribution in [-0.4, -0.2) is 42.8 Å². The molecule has 1 unspecified atom stereocenters. The minimum atomic E-state index is -3.55. The van der Waals surface area contributed by atoms with Gasteiger partial charge < -0.3 is 10.5 Å². The second-order valence-corrected chi connectivity index (χ2v) is 8.33. The van der Waals surface area contributed by atoms with Crippen LogP contribution in [0.2, 0.25) is 0 Å². The van der Waals surface area contributed by atoms with E-state index in [0.717, 1.165) is 0 Å². The molecule has 0 spiro atoms. The number of primary amides is 1. The van der Waals surface area contributed by atoms with Gasteiger partial charge in [-0.2, -0.15) is 4.31 Å². The van der Waals surface area contributed by atoms with E-state index in [1.54, 1.807) is 6.07 Å². The lowest BCUT2D eigenvalue weighted by atomic mass is 10.1. The quantitative estimate of drug-likeness (QED) is 0.805. The van der Waals surface area contributed by atoms with Gasteiger partial charge in [-0.15, -0.1) is 0 Å². The molecule has 1 fully saturated rings. The Morgan fingerprint density at radius 3 is 2.74 bits per heavy atom. The Hall–Kier alpha value is -2.52. The van der Waals surface area contributed by atoms with Gasteiger partial charge in [0.05, 0.1) is 12.3 Å². The molecule has 0 aliphatic carbocycles. The van der Waals surface area contributed by atoms with E-state index in [0.29, 0.717) is 30.7 Å². The van der Waals surface area contributed by atoms with Gasteiger partial charge in [-0.05, 0) is 36.6 Å². The molecule has 1 atom stereocenters. The van der Waals surface area contributed by atoms with Gasteiger partial charge in [-0.3, -0.25) is 9.78 Å². The molecule has 1 aromatic heterocycles. The van der Waals surface area contributed by atoms with E-state index < -0.39 is 21.7 Å². The van der Waals surface area contributed by atoms with Crippen LogP contribution in [0.4, 0.5) is 4.39 Å². The van der Waals surface area contributed by atoms with Crippen LogP contribution in [-0.2, 0) is 15.8 Å². The van der Waals surface area contributed by atoms with Crippen molar-refractivity contribution in [3.63, 3.8) is 0 Å².